The number of hydrogen-bond acceptors (Lipinski definition) is 1. The van der Waals surface area contributed by atoms with E-state index in [1.165, 1.54) is 16.9 Å². The maximum atomic E-state index is 3.82. The second-order valence-electron chi connectivity index (χ2n) is 4.74. The second-order valence-corrected chi connectivity index (χ2v) is 4.74. The Labute approximate surface area is 117 Å². The summed E-state index contributed by atoms with van der Waals surface area (Å²) in [6, 6.07) is 8.40. The van der Waals surface area contributed by atoms with E-state index in [1.807, 2.05) is 31.2 Å². The van der Waals surface area contributed by atoms with Gasteiger partial charge >= 0.3 is 0 Å². The van der Waals surface area contributed by atoms with Crippen LogP contribution in [-0.4, -0.2) is 7.05 Å². The van der Waals surface area contributed by atoms with Crippen molar-refractivity contribution in [3.05, 3.63) is 78.1 Å². The number of para-hydroxylation sites is 1. The van der Waals surface area contributed by atoms with Crippen molar-refractivity contribution in [2.75, 3.05) is 11.9 Å². The van der Waals surface area contributed by atoms with Crippen LogP contribution in [0.2, 0.25) is 0 Å². The Morgan fingerprint density at radius 1 is 1.11 bits per heavy atom. The van der Waals surface area contributed by atoms with Crippen LogP contribution in [-0.2, 0) is 0 Å². The zero-order valence-electron chi connectivity index (χ0n) is 12.4. The Morgan fingerprint density at radius 2 is 1.79 bits per heavy atom. The summed E-state index contributed by atoms with van der Waals surface area (Å²) in [5.41, 5.74) is 4.78. The van der Waals surface area contributed by atoms with Crippen LogP contribution >= 0.6 is 0 Å². The number of hydrogen-bond donors (Lipinski definition) is 0. The van der Waals surface area contributed by atoms with Crippen molar-refractivity contribution in [2.45, 2.75) is 20.8 Å². The van der Waals surface area contributed by atoms with Crippen molar-refractivity contribution in [3.63, 3.8) is 0 Å². The second kappa shape index (κ2) is 7.42. The average Bonchev–Trinajstić information content (AvgIpc) is 2.37. The van der Waals surface area contributed by atoms with Gasteiger partial charge in [-0.3, -0.25) is 0 Å². The first-order chi connectivity index (χ1) is 9.02. The number of benzene rings is 1. The molecule has 0 aliphatic rings. The zero-order valence-corrected chi connectivity index (χ0v) is 12.4. The lowest BCUT2D eigenvalue weighted by molar-refractivity contribution is 1.08. The van der Waals surface area contributed by atoms with Gasteiger partial charge in [-0.2, -0.15) is 0 Å². The Bertz CT molecular complexity index is 518. The standard InChI is InChI=1S/C18H23N/c1-15(2)11-7-6-8-13-17(4)19(5)18-14-10-9-12-16(18)3/h6-14H,1H2,2-5H3/b8-6+,11-7+,17-13+. The summed E-state index contributed by atoms with van der Waals surface area (Å²) >= 11 is 0. The van der Waals surface area contributed by atoms with Gasteiger partial charge < -0.3 is 4.90 Å². The lowest BCUT2D eigenvalue weighted by Gasteiger charge is -2.21. The summed E-state index contributed by atoms with van der Waals surface area (Å²) < 4.78 is 0. The lowest BCUT2D eigenvalue weighted by Crippen LogP contribution is -2.14. The molecule has 1 heteroatoms. The minimum atomic E-state index is 1.06. The first-order valence-electron chi connectivity index (χ1n) is 6.49. The molecule has 19 heavy (non-hydrogen) atoms. The van der Waals surface area contributed by atoms with Crippen molar-refractivity contribution in [1.29, 1.82) is 0 Å². The van der Waals surface area contributed by atoms with Gasteiger partial charge in [-0.25, -0.2) is 0 Å². The molecule has 0 aliphatic carbocycles. The van der Waals surface area contributed by atoms with Gasteiger partial charge in [-0.1, -0.05) is 54.7 Å². The van der Waals surface area contributed by atoms with E-state index in [4.69, 9.17) is 0 Å². The third-order valence-electron chi connectivity index (χ3n) is 2.95. The molecule has 1 aromatic carbocycles. The van der Waals surface area contributed by atoms with E-state index in [9.17, 15) is 0 Å². The molecule has 0 aliphatic heterocycles. The van der Waals surface area contributed by atoms with Gasteiger partial charge in [-0.05, 0) is 38.5 Å². The Kier molecular flexibility index (Phi) is 5.87. The number of aryl methyl sites for hydroxylation is 1. The number of nitrogens with zero attached hydrogens (tertiary/aromatic N) is 1. The highest BCUT2D eigenvalue weighted by molar-refractivity contribution is 5.56. The van der Waals surface area contributed by atoms with Crippen LogP contribution in [0, 0.1) is 6.92 Å². The molecule has 0 N–H and O–H groups in total. The van der Waals surface area contributed by atoms with E-state index in [1.54, 1.807) is 0 Å². The highest BCUT2D eigenvalue weighted by Gasteiger charge is 2.03. The molecule has 0 radical (unpaired) electrons. The number of anilines is 1. The Balaban J connectivity index is 2.74. The fourth-order valence-electron chi connectivity index (χ4n) is 1.72. The molecular formula is C18H23N. The van der Waals surface area contributed by atoms with Gasteiger partial charge in [0.25, 0.3) is 0 Å². The molecule has 0 spiro atoms. The van der Waals surface area contributed by atoms with Gasteiger partial charge in [-0.15, -0.1) is 0 Å². The molecule has 0 amide bonds. The van der Waals surface area contributed by atoms with Crippen LogP contribution in [0.4, 0.5) is 5.69 Å². The van der Waals surface area contributed by atoms with E-state index in [0.29, 0.717) is 0 Å². The minimum Gasteiger partial charge on any atom is -0.348 e. The molecule has 0 bridgehead atoms. The van der Waals surface area contributed by atoms with Crippen LogP contribution in [0.25, 0.3) is 0 Å². The Hall–Kier alpha value is -2.02. The molecule has 1 nitrogen and oxygen atoms in total. The van der Waals surface area contributed by atoms with Gasteiger partial charge in [0.2, 0.25) is 0 Å². The predicted octanol–water partition coefficient (Wildman–Crippen LogP) is 5.02. The molecule has 1 aromatic rings. The fraction of sp³-hybridized carbons (Fsp3) is 0.222. The minimum absolute atomic E-state index is 1.06. The maximum Gasteiger partial charge on any atom is 0.0435 e. The molecule has 0 atom stereocenters. The number of rotatable bonds is 5. The van der Waals surface area contributed by atoms with Crippen molar-refractivity contribution in [2.24, 2.45) is 0 Å². The van der Waals surface area contributed by atoms with Crippen molar-refractivity contribution in [1.82, 2.24) is 0 Å². The van der Waals surface area contributed by atoms with Crippen molar-refractivity contribution >= 4 is 5.69 Å². The molecule has 100 valence electrons. The molecule has 0 unspecified atom stereocenters. The number of allylic oxidation sites excluding steroid dienone is 7. The van der Waals surface area contributed by atoms with E-state index in [2.05, 4.69) is 62.7 Å². The first kappa shape index (κ1) is 15.0. The SMILES string of the molecule is C=C(C)/C=C/C=C/C=C(\C)N(C)c1ccccc1C. The lowest BCUT2D eigenvalue weighted by atomic mass is 10.2. The highest BCUT2D eigenvalue weighted by Crippen LogP contribution is 2.21. The van der Waals surface area contributed by atoms with E-state index >= 15 is 0 Å². The monoisotopic (exact) mass is 253 g/mol. The molecular weight excluding hydrogens is 230 g/mol. The highest BCUT2D eigenvalue weighted by atomic mass is 15.1. The van der Waals surface area contributed by atoms with Crippen LogP contribution in [0.15, 0.2) is 72.5 Å². The predicted molar refractivity (Wildman–Crippen MR) is 86.4 cm³/mol. The van der Waals surface area contributed by atoms with Crippen LogP contribution in [0.5, 0.6) is 0 Å². The summed E-state index contributed by atoms with van der Waals surface area (Å²) in [4.78, 5) is 2.20. The van der Waals surface area contributed by atoms with Crippen LogP contribution in [0.3, 0.4) is 0 Å². The smallest absolute Gasteiger partial charge is 0.0435 e. The third-order valence-corrected chi connectivity index (χ3v) is 2.95. The van der Waals surface area contributed by atoms with Gasteiger partial charge in [0.15, 0.2) is 0 Å². The topological polar surface area (TPSA) is 3.24 Å². The fourth-order valence-corrected chi connectivity index (χ4v) is 1.72. The first-order valence-corrected chi connectivity index (χ1v) is 6.49. The van der Waals surface area contributed by atoms with E-state index in [-0.39, 0.29) is 0 Å². The average molecular weight is 253 g/mol. The van der Waals surface area contributed by atoms with E-state index in [0.717, 1.165) is 5.57 Å². The van der Waals surface area contributed by atoms with Crippen LogP contribution < -0.4 is 4.90 Å². The quantitative estimate of drug-likeness (QED) is 0.666. The summed E-state index contributed by atoms with van der Waals surface area (Å²) in [6.07, 6.45) is 10.2. The van der Waals surface area contributed by atoms with Gasteiger partial charge in [0, 0.05) is 18.4 Å². The summed E-state index contributed by atoms with van der Waals surface area (Å²) in [5, 5.41) is 0. The maximum absolute atomic E-state index is 3.82. The molecule has 0 heterocycles. The van der Waals surface area contributed by atoms with Crippen LogP contribution in [0.1, 0.15) is 19.4 Å². The van der Waals surface area contributed by atoms with Gasteiger partial charge in [0.1, 0.15) is 0 Å². The normalized spacial score (nSPS) is 12.3. The summed E-state index contributed by atoms with van der Waals surface area (Å²) in [5.74, 6) is 0. The zero-order chi connectivity index (χ0) is 14.3. The molecule has 1 rings (SSSR count). The van der Waals surface area contributed by atoms with E-state index < -0.39 is 0 Å². The van der Waals surface area contributed by atoms with Crippen molar-refractivity contribution in [3.8, 4) is 0 Å². The molecule has 0 saturated carbocycles. The van der Waals surface area contributed by atoms with Gasteiger partial charge in [0.05, 0.1) is 0 Å². The third kappa shape index (κ3) is 5.01. The summed E-state index contributed by atoms with van der Waals surface area (Å²) in [7, 11) is 2.09. The largest absolute Gasteiger partial charge is 0.348 e. The Morgan fingerprint density at radius 3 is 2.42 bits per heavy atom. The molecule has 0 aromatic heterocycles. The molecule has 0 saturated heterocycles. The summed E-state index contributed by atoms with van der Waals surface area (Å²) in [6.45, 7) is 10.0. The van der Waals surface area contributed by atoms with Crippen molar-refractivity contribution < 1.29 is 0 Å². The molecule has 0 fully saturated rings.